The maximum Gasteiger partial charge on any atom is 0.326 e. The number of hydrogen-bond donors (Lipinski definition) is 2. The lowest BCUT2D eigenvalue weighted by Crippen LogP contribution is -2.34. The normalized spacial score (nSPS) is 10.3. The van der Waals surface area contributed by atoms with Crippen LogP contribution in [0.1, 0.15) is 5.69 Å². The molecule has 6 heteroatoms. The molecule has 5 nitrogen and oxygen atoms in total. The van der Waals surface area contributed by atoms with Gasteiger partial charge in [-0.1, -0.05) is 29.8 Å². The number of hydrogen-bond acceptors (Lipinski definition) is 3. The smallest absolute Gasteiger partial charge is 0.326 e. The van der Waals surface area contributed by atoms with Crippen molar-refractivity contribution in [1.82, 2.24) is 4.98 Å². The number of phenolic OH excluding ortho intramolecular Hbond substituents is 1. The molecule has 3 rings (SSSR count). The number of amides is 2. The van der Waals surface area contributed by atoms with Crippen molar-refractivity contribution < 1.29 is 9.90 Å². The third kappa shape index (κ3) is 4.28. The minimum atomic E-state index is -0.380. The van der Waals surface area contributed by atoms with Crippen molar-refractivity contribution in [1.29, 1.82) is 0 Å². The topological polar surface area (TPSA) is 65.5 Å². The number of urea groups is 1. The standard InChI is InChI=1S/C19H16ClN3O2/c20-14-8-10-15(11-9-14)22-19(25)23(13-16-5-3-4-12-21-16)17-6-1-2-7-18(17)24/h1-12,24H,13H2,(H,22,25). The van der Waals surface area contributed by atoms with E-state index in [1.807, 2.05) is 18.2 Å². The summed E-state index contributed by atoms with van der Waals surface area (Å²) in [5.74, 6) is 0.0182. The van der Waals surface area contributed by atoms with E-state index in [1.54, 1.807) is 48.7 Å². The molecule has 25 heavy (non-hydrogen) atoms. The summed E-state index contributed by atoms with van der Waals surface area (Å²) in [6, 6.07) is 18.6. The largest absolute Gasteiger partial charge is 0.506 e. The molecule has 0 bridgehead atoms. The fourth-order valence-corrected chi connectivity index (χ4v) is 2.46. The van der Waals surface area contributed by atoms with Crippen LogP contribution in [-0.4, -0.2) is 16.1 Å². The zero-order valence-corrected chi connectivity index (χ0v) is 14.0. The zero-order valence-electron chi connectivity index (χ0n) is 13.3. The van der Waals surface area contributed by atoms with Gasteiger partial charge in [-0.2, -0.15) is 0 Å². The number of nitrogens with zero attached hydrogens (tertiary/aromatic N) is 2. The Morgan fingerprint density at radius 1 is 1.04 bits per heavy atom. The van der Waals surface area contributed by atoms with E-state index in [1.165, 1.54) is 11.0 Å². The minimum absolute atomic E-state index is 0.0182. The number of rotatable bonds is 4. The Bertz CT molecular complexity index is 854. The highest BCUT2D eigenvalue weighted by Gasteiger charge is 2.19. The van der Waals surface area contributed by atoms with Crippen molar-refractivity contribution in [2.24, 2.45) is 0 Å². The van der Waals surface area contributed by atoms with Crippen molar-refractivity contribution >= 4 is 29.0 Å². The number of anilines is 2. The number of benzene rings is 2. The van der Waals surface area contributed by atoms with Crippen molar-refractivity contribution in [3.05, 3.63) is 83.6 Å². The van der Waals surface area contributed by atoms with Gasteiger partial charge in [-0.05, 0) is 48.5 Å². The van der Waals surface area contributed by atoms with Gasteiger partial charge in [0.25, 0.3) is 0 Å². The highest BCUT2D eigenvalue weighted by atomic mass is 35.5. The number of carbonyl (C=O) groups is 1. The molecule has 126 valence electrons. The molecule has 1 aromatic heterocycles. The average Bonchev–Trinajstić information content (AvgIpc) is 2.63. The van der Waals surface area contributed by atoms with Crippen LogP contribution in [0.15, 0.2) is 72.9 Å². The third-order valence-electron chi connectivity index (χ3n) is 3.56. The molecule has 0 spiro atoms. The first-order valence-corrected chi connectivity index (χ1v) is 8.03. The fourth-order valence-electron chi connectivity index (χ4n) is 2.34. The highest BCUT2D eigenvalue weighted by Crippen LogP contribution is 2.28. The van der Waals surface area contributed by atoms with E-state index in [2.05, 4.69) is 10.3 Å². The molecule has 2 N–H and O–H groups in total. The lowest BCUT2D eigenvalue weighted by molar-refractivity contribution is 0.256. The Hall–Kier alpha value is -3.05. The maximum absolute atomic E-state index is 12.8. The van der Waals surface area contributed by atoms with Gasteiger partial charge >= 0.3 is 6.03 Å². The SMILES string of the molecule is O=C(Nc1ccc(Cl)cc1)N(Cc1ccccn1)c1ccccc1O. The van der Waals surface area contributed by atoms with Gasteiger partial charge in [-0.3, -0.25) is 9.88 Å². The minimum Gasteiger partial charge on any atom is -0.506 e. The van der Waals surface area contributed by atoms with E-state index in [-0.39, 0.29) is 18.3 Å². The molecule has 0 aliphatic heterocycles. The van der Waals surface area contributed by atoms with E-state index >= 15 is 0 Å². The molecule has 0 unspecified atom stereocenters. The second-order valence-corrected chi connectivity index (χ2v) is 5.77. The highest BCUT2D eigenvalue weighted by molar-refractivity contribution is 6.30. The molecule has 1 heterocycles. The summed E-state index contributed by atoms with van der Waals surface area (Å²) in [6.45, 7) is 0.220. The van der Waals surface area contributed by atoms with E-state index in [9.17, 15) is 9.90 Å². The first-order valence-electron chi connectivity index (χ1n) is 7.65. The molecule has 2 aromatic carbocycles. The monoisotopic (exact) mass is 353 g/mol. The van der Waals surface area contributed by atoms with E-state index in [0.29, 0.717) is 22.1 Å². The average molecular weight is 354 g/mol. The van der Waals surface area contributed by atoms with Gasteiger partial charge in [0.2, 0.25) is 0 Å². The third-order valence-corrected chi connectivity index (χ3v) is 3.81. The van der Waals surface area contributed by atoms with Crippen LogP contribution < -0.4 is 10.2 Å². The molecule has 0 aliphatic rings. The molecule has 0 radical (unpaired) electrons. The second kappa shape index (κ2) is 7.68. The van der Waals surface area contributed by atoms with Crippen LogP contribution in [0.4, 0.5) is 16.2 Å². The number of aromatic nitrogens is 1. The Balaban J connectivity index is 1.88. The quantitative estimate of drug-likeness (QED) is 0.715. The van der Waals surface area contributed by atoms with Crippen LogP contribution in [-0.2, 0) is 6.54 Å². The van der Waals surface area contributed by atoms with Crippen LogP contribution in [0, 0.1) is 0 Å². The van der Waals surface area contributed by atoms with Gasteiger partial charge in [0.15, 0.2) is 0 Å². The molecule has 0 saturated carbocycles. The summed E-state index contributed by atoms with van der Waals surface area (Å²) in [5, 5.41) is 13.5. The summed E-state index contributed by atoms with van der Waals surface area (Å²) in [4.78, 5) is 18.5. The second-order valence-electron chi connectivity index (χ2n) is 5.33. The number of aromatic hydroxyl groups is 1. The molecule has 3 aromatic rings. The van der Waals surface area contributed by atoms with Gasteiger partial charge < -0.3 is 10.4 Å². The molecule has 0 fully saturated rings. The van der Waals surface area contributed by atoms with Crippen LogP contribution >= 0.6 is 11.6 Å². The number of carbonyl (C=O) groups excluding carboxylic acids is 1. The van der Waals surface area contributed by atoms with Crippen molar-refractivity contribution in [3.63, 3.8) is 0 Å². The number of halogens is 1. The number of phenols is 1. The predicted molar refractivity (Wildman–Crippen MR) is 99.0 cm³/mol. The van der Waals surface area contributed by atoms with Crippen molar-refractivity contribution in [2.75, 3.05) is 10.2 Å². The summed E-state index contributed by atoms with van der Waals surface area (Å²) < 4.78 is 0. The first kappa shape index (κ1) is 16.8. The van der Waals surface area contributed by atoms with Crippen LogP contribution in [0.3, 0.4) is 0 Å². The lowest BCUT2D eigenvalue weighted by atomic mass is 10.2. The van der Waals surface area contributed by atoms with Crippen LogP contribution in [0.2, 0.25) is 5.02 Å². The molecule has 2 amide bonds. The summed E-state index contributed by atoms with van der Waals surface area (Å²) in [5.41, 5.74) is 1.72. The first-order chi connectivity index (χ1) is 12.1. The Kier molecular flexibility index (Phi) is 5.16. The Morgan fingerprint density at radius 2 is 1.76 bits per heavy atom. The van der Waals surface area contributed by atoms with Crippen molar-refractivity contribution in [3.8, 4) is 5.75 Å². The van der Waals surface area contributed by atoms with Crippen molar-refractivity contribution in [2.45, 2.75) is 6.54 Å². The number of pyridine rings is 1. The van der Waals surface area contributed by atoms with Gasteiger partial charge in [-0.15, -0.1) is 0 Å². The fraction of sp³-hybridized carbons (Fsp3) is 0.0526. The maximum atomic E-state index is 12.8. The molecule has 0 saturated heterocycles. The van der Waals surface area contributed by atoms with Gasteiger partial charge in [-0.25, -0.2) is 4.79 Å². The van der Waals surface area contributed by atoms with Gasteiger partial charge in [0.05, 0.1) is 17.9 Å². The zero-order chi connectivity index (χ0) is 17.6. The number of nitrogens with one attached hydrogen (secondary N) is 1. The summed E-state index contributed by atoms with van der Waals surface area (Å²) in [7, 11) is 0. The predicted octanol–water partition coefficient (Wildman–Crippen LogP) is 4.68. The Labute approximate surface area is 150 Å². The molecular weight excluding hydrogens is 338 g/mol. The van der Waals surface area contributed by atoms with E-state index < -0.39 is 0 Å². The van der Waals surface area contributed by atoms with E-state index in [4.69, 9.17) is 11.6 Å². The van der Waals surface area contributed by atoms with Crippen LogP contribution in [0.25, 0.3) is 0 Å². The van der Waals surface area contributed by atoms with Gasteiger partial charge in [0.1, 0.15) is 5.75 Å². The molecule has 0 atom stereocenters. The molecular formula is C19H16ClN3O2. The number of para-hydroxylation sites is 2. The Morgan fingerprint density at radius 3 is 2.44 bits per heavy atom. The van der Waals surface area contributed by atoms with E-state index in [0.717, 1.165) is 0 Å². The summed E-state index contributed by atoms with van der Waals surface area (Å²) in [6.07, 6.45) is 1.66. The summed E-state index contributed by atoms with van der Waals surface area (Å²) >= 11 is 5.87. The van der Waals surface area contributed by atoms with Gasteiger partial charge in [0, 0.05) is 16.9 Å². The molecule has 0 aliphatic carbocycles. The van der Waals surface area contributed by atoms with Crippen LogP contribution in [0.5, 0.6) is 5.75 Å². The lowest BCUT2D eigenvalue weighted by Gasteiger charge is -2.23.